The number of nitrogens with one attached hydrogen (secondary N) is 1. The van der Waals surface area contributed by atoms with Gasteiger partial charge >= 0.3 is 5.97 Å². The van der Waals surface area contributed by atoms with Crippen molar-refractivity contribution in [3.63, 3.8) is 0 Å². The molecule has 2 atom stereocenters. The first-order chi connectivity index (χ1) is 12.0. The average Bonchev–Trinajstić information content (AvgIpc) is 2.53. The molecule has 25 heavy (non-hydrogen) atoms. The molecule has 2 amide bonds. The van der Waals surface area contributed by atoms with Crippen LogP contribution in [0.2, 0.25) is 0 Å². The predicted molar refractivity (Wildman–Crippen MR) is 91.7 cm³/mol. The number of carboxylic acids is 1. The number of rotatable bonds is 5. The maximum atomic E-state index is 12.3. The predicted octanol–water partition coefficient (Wildman–Crippen LogP) is 2.26. The molecule has 3 rings (SSSR count). The molecule has 1 aromatic carbocycles. The number of ether oxygens (including phenoxy) is 1. The van der Waals surface area contributed by atoms with Gasteiger partial charge in [-0.25, -0.2) is 0 Å². The van der Waals surface area contributed by atoms with Crippen LogP contribution in [0.4, 0.5) is 11.4 Å². The number of anilines is 2. The van der Waals surface area contributed by atoms with Gasteiger partial charge in [0.1, 0.15) is 5.75 Å². The van der Waals surface area contributed by atoms with E-state index in [0.29, 0.717) is 42.9 Å². The van der Waals surface area contributed by atoms with E-state index in [0.717, 1.165) is 12.8 Å². The summed E-state index contributed by atoms with van der Waals surface area (Å²) in [6, 6.07) is 5.12. The molecule has 2 aliphatic rings. The Bertz CT molecular complexity index is 703. The molecule has 1 saturated carbocycles. The van der Waals surface area contributed by atoms with Crippen molar-refractivity contribution >= 4 is 29.2 Å². The van der Waals surface area contributed by atoms with E-state index in [2.05, 4.69) is 5.32 Å². The van der Waals surface area contributed by atoms with E-state index < -0.39 is 17.8 Å². The molecule has 1 aliphatic heterocycles. The molecule has 1 aliphatic carbocycles. The smallest absolute Gasteiger partial charge is 0.307 e. The first-order valence-corrected chi connectivity index (χ1v) is 8.53. The van der Waals surface area contributed by atoms with Gasteiger partial charge in [0, 0.05) is 18.7 Å². The van der Waals surface area contributed by atoms with E-state index in [9.17, 15) is 14.4 Å². The van der Waals surface area contributed by atoms with Crippen LogP contribution in [0.25, 0.3) is 0 Å². The Kier molecular flexibility index (Phi) is 4.92. The number of hydrogen-bond donors (Lipinski definition) is 2. The quantitative estimate of drug-likeness (QED) is 0.852. The summed E-state index contributed by atoms with van der Waals surface area (Å²) >= 11 is 0. The highest BCUT2D eigenvalue weighted by Gasteiger charge is 2.41. The molecule has 2 unspecified atom stereocenters. The maximum absolute atomic E-state index is 12.3. The molecule has 0 aromatic heterocycles. The summed E-state index contributed by atoms with van der Waals surface area (Å²) in [5.41, 5.74) is 1.17. The number of benzene rings is 1. The fourth-order valence-electron chi connectivity index (χ4n) is 3.38. The average molecular weight is 346 g/mol. The van der Waals surface area contributed by atoms with E-state index in [1.165, 1.54) is 7.11 Å². The number of hydrogen-bond acceptors (Lipinski definition) is 4. The van der Waals surface area contributed by atoms with Crippen molar-refractivity contribution in [2.45, 2.75) is 32.1 Å². The van der Waals surface area contributed by atoms with Crippen LogP contribution in [0.3, 0.4) is 0 Å². The SMILES string of the molecule is COc1ccc(NC(=O)C2CCC2C(=O)O)cc1N1CCCCC1=O. The largest absolute Gasteiger partial charge is 0.495 e. The number of piperidine rings is 1. The van der Waals surface area contributed by atoms with Crippen molar-refractivity contribution in [1.82, 2.24) is 0 Å². The van der Waals surface area contributed by atoms with Crippen LogP contribution in [0.15, 0.2) is 18.2 Å². The van der Waals surface area contributed by atoms with Crippen LogP contribution in [0.5, 0.6) is 5.75 Å². The summed E-state index contributed by atoms with van der Waals surface area (Å²) in [6.45, 7) is 0.621. The second-order valence-corrected chi connectivity index (χ2v) is 6.51. The first kappa shape index (κ1) is 17.3. The molecular weight excluding hydrogens is 324 g/mol. The van der Waals surface area contributed by atoms with Crippen LogP contribution >= 0.6 is 0 Å². The topological polar surface area (TPSA) is 95.9 Å². The summed E-state index contributed by atoms with van der Waals surface area (Å²) < 4.78 is 5.35. The number of carbonyl (C=O) groups excluding carboxylic acids is 2. The summed E-state index contributed by atoms with van der Waals surface area (Å²) in [5, 5.41) is 11.9. The Hall–Kier alpha value is -2.57. The van der Waals surface area contributed by atoms with E-state index in [1.807, 2.05) is 0 Å². The highest BCUT2D eigenvalue weighted by Crippen LogP contribution is 2.37. The lowest BCUT2D eigenvalue weighted by Gasteiger charge is -2.32. The third-order valence-electron chi connectivity index (χ3n) is 4.99. The van der Waals surface area contributed by atoms with E-state index in [-0.39, 0.29) is 11.8 Å². The Morgan fingerprint density at radius 2 is 2.00 bits per heavy atom. The lowest BCUT2D eigenvalue weighted by Crippen LogP contribution is -2.41. The minimum Gasteiger partial charge on any atom is -0.495 e. The lowest BCUT2D eigenvalue weighted by atomic mass is 9.73. The fraction of sp³-hybridized carbons (Fsp3) is 0.500. The molecule has 7 nitrogen and oxygen atoms in total. The molecule has 1 aromatic rings. The van der Waals surface area contributed by atoms with Crippen molar-refractivity contribution < 1.29 is 24.2 Å². The van der Waals surface area contributed by atoms with Gasteiger partial charge in [-0.3, -0.25) is 14.4 Å². The van der Waals surface area contributed by atoms with Crippen molar-refractivity contribution in [2.24, 2.45) is 11.8 Å². The van der Waals surface area contributed by atoms with Crippen molar-refractivity contribution in [3.8, 4) is 5.75 Å². The normalized spacial score (nSPS) is 22.9. The van der Waals surface area contributed by atoms with E-state index in [4.69, 9.17) is 9.84 Å². The van der Waals surface area contributed by atoms with Gasteiger partial charge in [0.25, 0.3) is 0 Å². The van der Waals surface area contributed by atoms with Crippen molar-refractivity contribution in [1.29, 1.82) is 0 Å². The van der Waals surface area contributed by atoms with Gasteiger partial charge in [-0.1, -0.05) is 0 Å². The van der Waals surface area contributed by atoms with Gasteiger partial charge in [0.15, 0.2) is 0 Å². The number of carboxylic acid groups (broad SMARTS) is 1. The van der Waals surface area contributed by atoms with Crippen molar-refractivity contribution in [3.05, 3.63) is 18.2 Å². The molecular formula is C18H22N2O5. The Labute approximate surface area is 146 Å². The van der Waals surface area contributed by atoms with Gasteiger partial charge < -0.3 is 20.1 Å². The minimum atomic E-state index is -0.930. The second-order valence-electron chi connectivity index (χ2n) is 6.51. The van der Waals surface area contributed by atoms with Gasteiger partial charge in [0.2, 0.25) is 11.8 Å². The summed E-state index contributed by atoms with van der Waals surface area (Å²) in [7, 11) is 1.54. The van der Waals surface area contributed by atoms with Crippen LogP contribution in [0, 0.1) is 11.8 Å². The van der Waals surface area contributed by atoms with Crippen LogP contribution in [-0.4, -0.2) is 36.5 Å². The summed E-state index contributed by atoms with van der Waals surface area (Å²) in [6.07, 6.45) is 3.42. The Balaban J connectivity index is 1.78. The van der Waals surface area contributed by atoms with E-state index in [1.54, 1.807) is 23.1 Å². The van der Waals surface area contributed by atoms with Crippen LogP contribution in [0.1, 0.15) is 32.1 Å². The molecule has 0 spiro atoms. The van der Waals surface area contributed by atoms with E-state index >= 15 is 0 Å². The third kappa shape index (κ3) is 3.45. The van der Waals surface area contributed by atoms with Crippen molar-refractivity contribution in [2.75, 3.05) is 23.9 Å². The third-order valence-corrected chi connectivity index (χ3v) is 4.99. The Morgan fingerprint density at radius 3 is 2.60 bits per heavy atom. The Morgan fingerprint density at radius 1 is 1.24 bits per heavy atom. The van der Waals surface area contributed by atoms with Gasteiger partial charge in [-0.15, -0.1) is 0 Å². The zero-order valence-corrected chi connectivity index (χ0v) is 14.2. The summed E-state index contributed by atoms with van der Waals surface area (Å²) in [5.74, 6) is -1.72. The fourth-order valence-corrected chi connectivity index (χ4v) is 3.38. The molecule has 2 fully saturated rings. The van der Waals surface area contributed by atoms with Gasteiger partial charge in [-0.2, -0.15) is 0 Å². The molecule has 0 bridgehead atoms. The number of methoxy groups -OCH3 is 1. The van der Waals surface area contributed by atoms with Crippen LogP contribution in [-0.2, 0) is 14.4 Å². The number of nitrogens with zero attached hydrogens (tertiary/aromatic N) is 1. The molecule has 0 radical (unpaired) electrons. The minimum absolute atomic E-state index is 0.0398. The highest BCUT2D eigenvalue weighted by molar-refractivity contribution is 5.99. The first-order valence-electron chi connectivity index (χ1n) is 8.53. The lowest BCUT2D eigenvalue weighted by molar-refractivity contribution is -0.151. The molecule has 1 saturated heterocycles. The molecule has 134 valence electrons. The maximum Gasteiger partial charge on any atom is 0.307 e. The second kappa shape index (κ2) is 7.13. The standard InChI is InChI=1S/C18H22N2O5/c1-25-15-8-5-11(10-14(15)20-9-3-2-4-16(20)21)19-17(22)12-6-7-13(12)18(23)24/h5,8,10,12-13H,2-4,6-7,9H2,1H3,(H,19,22)(H,23,24). The molecule has 1 heterocycles. The number of amides is 2. The zero-order chi connectivity index (χ0) is 18.0. The zero-order valence-electron chi connectivity index (χ0n) is 14.2. The molecule has 2 N–H and O–H groups in total. The number of aliphatic carboxylic acids is 1. The van der Waals surface area contributed by atoms with Gasteiger partial charge in [0.05, 0.1) is 24.6 Å². The van der Waals surface area contributed by atoms with Gasteiger partial charge in [-0.05, 0) is 43.9 Å². The number of carbonyl (C=O) groups is 3. The summed E-state index contributed by atoms with van der Waals surface area (Å²) in [4.78, 5) is 37.3. The van der Waals surface area contributed by atoms with Crippen LogP contribution < -0.4 is 15.0 Å². The molecule has 7 heteroatoms. The monoisotopic (exact) mass is 346 g/mol. The highest BCUT2D eigenvalue weighted by atomic mass is 16.5.